The van der Waals surface area contributed by atoms with E-state index in [1.54, 1.807) is 40.6 Å². The van der Waals surface area contributed by atoms with Crippen LogP contribution in [0.2, 0.25) is 0 Å². The van der Waals surface area contributed by atoms with E-state index in [0.717, 1.165) is 186 Å². The topological polar surface area (TPSA) is 164 Å². The number of benzene rings is 16. The van der Waals surface area contributed by atoms with Gasteiger partial charge in [-0.2, -0.15) is 26.3 Å². The molecule has 1 saturated heterocycles. The molecule has 0 saturated carbocycles. The summed E-state index contributed by atoms with van der Waals surface area (Å²) in [6.45, 7) is 9.26. The smallest absolute Gasteiger partial charge is 0.416 e. The van der Waals surface area contributed by atoms with Crippen molar-refractivity contribution in [3.05, 3.63) is 279 Å². The lowest BCUT2D eigenvalue weighted by Crippen LogP contribution is -2.04. The minimum atomic E-state index is -4.57. The van der Waals surface area contributed by atoms with Crippen LogP contribution in [-0.4, -0.2) is 110 Å². The van der Waals surface area contributed by atoms with E-state index >= 15 is 0 Å². The van der Waals surface area contributed by atoms with Crippen molar-refractivity contribution >= 4 is 204 Å². The van der Waals surface area contributed by atoms with E-state index in [-0.39, 0.29) is 82.8 Å². The van der Waals surface area contributed by atoms with Crippen molar-refractivity contribution in [3.63, 3.8) is 0 Å². The summed E-state index contributed by atoms with van der Waals surface area (Å²) in [5, 5.41) is 55.2. The van der Waals surface area contributed by atoms with Crippen LogP contribution in [0.15, 0.2) is 261 Å². The minimum Gasteiger partial charge on any atom is -0.507 e. The van der Waals surface area contributed by atoms with E-state index in [4.69, 9.17) is 44.0 Å². The summed E-state index contributed by atoms with van der Waals surface area (Å²) in [6, 6.07) is 71.1. The number of alkyl halides is 7. The number of methoxy groups -OCH3 is 4. The van der Waals surface area contributed by atoms with Crippen molar-refractivity contribution in [2.45, 2.75) is 39.0 Å². The van der Waals surface area contributed by atoms with Gasteiger partial charge < -0.3 is 63.1 Å². The second kappa shape index (κ2) is 46.9. The molecule has 1 heterocycles. The first-order chi connectivity index (χ1) is 61.2. The van der Waals surface area contributed by atoms with Gasteiger partial charge in [-0.05, 0) is 303 Å². The van der Waals surface area contributed by atoms with Crippen LogP contribution in [0.4, 0.5) is 30.7 Å². The Hall–Kier alpha value is -8.88. The van der Waals surface area contributed by atoms with E-state index in [1.165, 1.54) is 44.2 Å². The third-order valence-corrected chi connectivity index (χ3v) is 22.8. The second-order valence-corrected chi connectivity index (χ2v) is 34.4. The van der Waals surface area contributed by atoms with Gasteiger partial charge in [-0.25, -0.2) is 0 Å². The van der Waals surface area contributed by atoms with Gasteiger partial charge in [0, 0.05) is 113 Å². The summed E-state index contributed by atoms with van der Waals surface area (Å²) in [6.07, 6.45) is -6.58. The standard InChI is InChI=1S/C24H20Br2O4.C24H20I2O4.C22H12F6O2.C20H12Br2O2.C4H8O.C2H7P.C2H6.CH3F/c2*1-27-13-29-21-9-3-15-11-17(25)5-7-19(15)23(21)24-20-8-6-18(26)12-16(20)4-10-22(24)30-14-28-2;23-21(24,25)13-3-5-15-11(9-13)1-7-17(29)19(15)20-16-6-4-14(22(26,27)28)10-12(16)2-8-18(20)30;21-13-3-5-15-11(9-13)1-7-17(23)19(15)20-16-6-4-14(22)10-12(16)2-8-18(20)24;1-2-4-5-3-1;1-3-2;2*1-2/h2*3-12H,13-14H2,1-2H3;1-10,29-30H;1-10,23-24H;1-4H2;3H,1-2H3;1-2H3;1H3/i;;;;;1D;;. The molecule has 1 aliphatic rings. The molecule has 13 nitrogen and oxygen atoms in total. The number of hydrogen-bond acceptors (Lipinski definition) is 13. The molecule has 1 unspecified atom stereocenters. The molecule has 4 N–H and O–H groups in total. The lowest BCUT2D eigenvalue weighted by Gasteiger charge is -2.19. The predicted molar refractivity (Wildman–Crippen MR) is 529 cm³/mol. The van der Waals surface area contributed by atoms with E-state index in [2.05, 4.69) is 182 Å². The maximum Gasteiger partial charge on any atom is 0.416 e. The van der Waals surface area contributed by atoms with Crippen LogP contribution in [0.3, 0.4) is 0 Å². The van der Waals surface area contributed by atoms with Gasteiger partial charge in [0.2, 0.25) is 0 Å². The Morgan fingerprint density at radius 2 is 0.548 bits per heavy atom. The van der Waals surface area contributed by atoms with Crippen molar-refractivity contribution in [1.82, 2.24) is 0 Å². The van der Waals surface area contributed by atoms with Crippen LogP contribution in [0.25, 0.3) is 131 Å². The number of phenols is 4. The summed E-state index contributed by atoms with van der Waals surface area (Å²) < 4.78 is 150. The SMILES string of the molecule is C1CCOC1.CC.CF.COCOc1ccc2cc(Br)ccc2c1-c1c(OCOC)ccc2cc(Br)ccc12.COCOc1ccc2cc(I)ccc2c1-c1c(OCOC)ccc2cc(I)ccc12.Oc1ccc2cc(Br)ccc2c1-c1c(O)ccc2cc(Br)ccc12.Oc1ccc2cc(C(F)(F)F)ccc2c1-c1c(O)ccc2cc(C(F)(F)F)ccc12.[2H]CPC. The molecule has 16 aromatic rings. The highest BCUT2D eigenvalue weighted by Gasteiger charge is 2.33. The summed E-state index contributed by atoms with van der Waals surface area (Å²) in [4.78, 5) is 0. The van der Waals surface area contributed by atoms with Crippen LogP contribution in [0.5, 0.6) is 46.0 Å². The average molecular weight is 2220 g/mol. The summed E-state index contributed by atoms with van der Waals surface area (Å²) in [7, 11) is 7.77. The maximum absolute atomic E-state index is 13.0. The highest BCUT2D eigenvalue weighted by molar-refractivity contribution is 14.1. The van der Waals surface area contributed by atoms with Crippen molar-refractivity contribution in [2.24, 2.45) is 0 Å². The molecule has 17 rings (SSSR count). The van der Waals surface area contributed by atoms with Gasteiger partial charge in [0.25, 0.3) is 0 Å². The van der Waals surface area contributed by atoms with Gasteiger partial charge in [-0.1, -0.05) is 175 Å². The molecule has 0 bridgehead atoms. The molecule has 0 aliphatic carbocycles. The van der Waals surface area contributed by atoms with E-state index < -0.39 is 23.5 Å². The van der Waals surface area contributed by atoms with Crippen LogP contribution < -0.4 is 18.9 Å². The van der Waals surface area contributed by atoms with Crippen molar-refractivity contribution in [1.29, 1.82) is 0 Å². The Bertz CT molecular complexity index is 5930. The molecular weight excluding hydrogens is 2130 g/mol. The number of hydrogen-bond donors (Lipinski definition) is 4. The lowest BCUT2D eigenvalue weighted by molar-refractivity contribution is -0.138. The summed E-state index contributed by atoms with van der Waals surface area (Å²) in [5.74, 6) is 2.59. The van der Waals surface area contributed by atoms with Gasteiger partial charge in [-0.3, -0.25) is 4.39 Å². The average Bonchev–Trinajstić information content (AvgIpc) is 1.20. The number of phenolic OH excluding ortho intramolecular Hbond substituents is 4. The van der Waals surface area contributed by atoms with Gasteiger partial charge in [-0.15, -0.1) is 8.58 Å². The molecule has 0 aromatic heterocycles. The van der Waals surface area contributed by atoms with Crippen LogP contribution in [0, 0.1) is 7.14 Å². The predicted octanol–water partition coefficient (Wildman–Crippen LogP) is 31.0. The zero-order valence-electron chi connectivity index (χ0n) is 70.3. The first-order valence-electron chi connectivity index (χ1n) is 39.6. The van der Waals surface area contributed by atoms with Gasteiger partial charge in [0.1, 0.15) is 46.0 Å². The monoisotopic (exact) mass is 2220 g/mol. The van der Waals surface area contributed by atoms with Gasteiger partial charge >= 0.3 is 12.4 Å². The Labute approximate surface area is 789 Å². The Morgan fingerprint density at radius 1 is 0.333 bits per heavy atom. The van der Waals surface area contributed by atoms with Crippen molar-refractivity contribution in [3.8, 4) is 90.5 Å². The third-order valence-electron chi connectivity index (χ3n) is 19.5. The third kappa shape index (κ3) is 24.4. The molecular formula is C99H88Br4F7I2O13P. The molecule has 27 heteroatoms. The number of ether oxygens (including phenoxy) is 9. The quantitative estimate of drug-likeness (QED) is 0.0313. The fraction of sp³-hybridized carbons (Fsp3) is 0.192. The molecule has 0 spiro atoms. The van der Waals surface area contributed by atoms with Crippen molar-refractivity contribution in [2.75, 3.05) is 89.3 Å². The van der Waals surface area contributed by atoms with E-state index in [0.29, 0.717) is 24.9 Å². The molecule has 1 atom stereocenters. The Kier molecular flexibility index (Phi) is 36.4. The molecule has 658 valence electrons. The number of halogens is 13. The van der Waals surface area contributed by atoms with Gasteiger partial charge in [0.05, 0.1) is 18.3 Å². The van der Waals surface area contributed by atoms with Gasteiger partial charge in [0.15, 0.2) is 27.2 Å². The van der Waals surface area contributed by atoms with Crippen LogP contribution in [-0.2, 0) is 36.0 Å². The molecule has 126 heavy (non-hydrogen) atoms. The second-order valence-electron chi connectivity index (χ2n) is 27.5. The lowest BCUT2D eigenvalue weighted by atomic mass is 9.91. The number of fused-ring (bicyclic) bond motifs is 8. The largest absolute Gasteiger partial charge is 0.507 e. The zero-order chi connectivity index (χ0) is 91.8. The zero-order valence-corrected chi connectivity index (χ0v) is 81.0. The fourth-order valence-electron chi connectivity index (χ4n) is 14.3. The number of rotatable bonds is 16. The normalized spacial score (nSPS) is 11.9. The first-order valence-corrected chi connectivity index (χ1v) is 46.0. The highest BCUT2D eigenvalue weighted by atomic mass is 127. The molecule has 0 radical (unpaired) electrons. The van der Waals surface area contributed by atoms with Crippen molar-refractivity contribution < 1.29 is 95.2 Å². The number of aromatic hydroxyl groups is 4. The summed E-state index contributed by atoms with van der Waals surface area (Å²) >= 11 is 18.8. The molecule has 1 aliphatic heterocycles. The Morgan fingerprint density at radius 3 is 0.770 bits per heavy atom. The minimum absolute atomic E-state index is 0.0316. The molecule has 0 amide bonds. The fourth-order valence-corrected chi connectivity index (χ4v) is 16.8. The highest BCUT2D eigenvalue weighted by Crippen LogP contribution is 2.52. The van der Waals surface area contributed by atoms with Crippen LogP contribution in [0.1, 0.15) is 39.2 Å². The molecule has 1 fully saturated rings. The van der Waals surface area contributed by atoms with Crippen LogP contribution >= 0.6 is 117 Å². The summed E-state index contributed by atoms with van der Waals surface area (Å²) in [5.41, 5.74) is 3.46. The van der Waals surface area contributed by atoms with E-state index in [1.807, 2.05) is 118 Å². The maximum atomic E-state index is 13.0. The molecule has 16 aromatic carbocycles. The first kappa shape index (κ1) is 97.7. The Balaban J connectivity index is 0.000000169. The van der Waals surface area contributed by atoms with E-state index in [9.17, 15) is 51.2 Å².